The van der Waals surface area contributed by atoms with Gasteiger partial charge in [0.15, 0.2) is 5.82 Å². The van der Waals surface area contributed by atoms with Crippen LogP contribution < -0.4 is 21.3 Å². The van der Waals surface area contributed by atoms with E-state index in [1.54, 1.807) is 0 Å². The van der Waals surface area contributed by atoms with Crippen LogP contribution in [0.3, 0.4) is 0 Å². The maximum absolute atomic E-state index is 11.6. The first-order chi connectivity index (χ1) is 9.26. The maximum atomic E-state index is 11.6. The molecule has 0 radical (unpaired) electrons. The zero-order valence-corrected chi connectivity index (χ0v) is 11.3. The summed E-state index contributed by atoms with van der Waals surface area (Å²) >= 11 is 0. The summed E-state index contributed by atoms with van der Waals surface area (Å²) in [7, 11) is 1.47. The van der Waals surface area contributed by atoms with Crippen molar-refractivity contribution in [1.29, 1.82) is 0 Å². The van der Waals surface area contributed by atoms with Crippen molar-refractivity contribution in [3.05, 3.63) is 16.7 Å². The van der Waals surface area contributed by atoms with E-state index in [9.17, 15) is 4.79 Å². The van der Waals surface area contributed by atoms with Gasteiger partial charge in [-0.2, -0.15) is 0 Å². The number of hydrogen-bond acceptors (Lipinski definition) is 5. The minimum absolute atomic E-state index is 0.239. The Hall–Kier alpha value is -1.56. The van der Waals surface area contributed by atoms with Gasteiger partial charge < -0.3 is 20.8 Å². The molecule has 1 heterocycles. The third kappa shape index (κ3) is 3.26. The molecule has 0 bridgehead atoms. The van der Waals surface area contributed by atoms with Crippen LogP contribution in [0, 0.1) is 11.8 Å². The van der Waals surface area contributed by atoms with E-state index in [0.717, 1.165) is 13.1 Å². The van der Waals surface area contributed by atoms with Gasteiger partial charge in [-0.1, -0.05) is 12.8 Å². The summed E-state index contributed by atoms with van der Waals surface area (Å²) in [6.07, 6.45) is 6.28. The predicted molar refractivity (Wildman–Crippen MR) is 74.4 cm³/mol. The molecule has 0 amide bonds. The summed E-state index contributed by atoms with van der Waals surface area (Å²) < 4.78 is 5.08. The van der Waals surface area contributed by atoms with Crippen LogP contribution in [0.4, 0.5) is 5.82 Å². The summed E-state index contributed by atoms with van der Waals surface area (Å²) in [5, 5.41) is 3.23. The van der Waals surface area contributed by atoms with Crippen LogP contribution in [0.25, 0.3) is 0 Å². The summed E-state index contributed by atoms with van der Waals surface area (Å²) in [4.78, 5) is 18.2. The Balaban J connectivity index is 2.02. The SMILES string of the molecule is COc1c(NCC2CCCCC2CN)nc[nH]c1=O. The van der Waals surface area contributed by atoms with Gasteiger partial charge >= 0.3 is 0 Å². The highest BCUT2D eigenvalue weighted by Crippen LogP contribution is 2.29. The lowest BCUT2D eigenvalue weighted by atomic mass is 9.79. The van der Waals surface area contributed by atoms with Gasteiger partial charge in [0.25, 0.3) is 5.56 Å². The van der Waals surface area contributed by atoms with E-state index in [1.807, 2.05) is 0 Å². The van der Waals surface area contributed by atoms with Gasteiger partial charge in [0.2, 0.25) is 5.75 Å². The van der Waals surface area contributed by atoms with Crippen molar-refractivity contribution < 1.29 is 4.74 Å². The third-order valence-corrected chi connectivity index (χ3v) is 3.92. The molecule has 1 fully saturated rings. The standard InChI is InChI=1S/C13H22N4O2/c1-19-11-12(16-8-17-13(11)18)15-7-10-5-3-2-4-9(10)6-14/h8-10H,2-7,14H2,1H3,(H2,15,16,17,18). The van der Waals surface area contributed by atoms with Crippen molar-refractivity contribution in [1.82, 2.24) is 9.97 Å². The fraction of sp³-hybridized carbons (Fsp3) is 0.692. The monoisotopic (exact) mass is 266 g/mol. The molecule has 6 nitrogen and oxygen atoms in total. The van der Waals surface area contributed by atoms with Crippen LogP contribution in [-0.2, 0) is 0 Å². The van der Waals surface area contributed by atoms with Crippen molar-refractivity contribution in [3.8, 4) is 5.75 Å². The number of methoxy groups -OCH3 is 1. The number of aromatic amines is 1. The van der Waals surface area contributed by atoms with Gasteiger partial charge in [0, 0.05) is 6.54 Å². The molecular formula is C13H22N4O2. The van der Waals surface area contributed by atoms with E-state index < -0.39 is 0 Å². The number of anilines is 1. The zero-order valence-electron chi connectivity index (χ0n) is 11.3. The van der Waals surface area contributed by atoms with Crippen molar-refractivity contribution in [3.63, 3.8) is 0 Å². The number of H-pyrrole nitrogens is 1. The molecule has 2 rings (SSSR count). The molecule has 6 heteroatoms. The molecule has 0 aromatic carbocycles. The molecule has 1 saturated carbocycles. The number of aromatic nitrogens is 2. The van der Waals surface area contributed by atoms with Crippen LogP contribution >= 0.6 is 0 Å². The second-order valence-electron chi connectivity index (χ2n) is 5.03. The van der Waals surface area contributed by atoms with Gasteiger partial charge in [0.05, 0.1) is 13.4 Å². The summed E-state index contributed by atoms with van der Waals surface area (Å²) in [5.41, 5.74) is 5.55. The summed E-state index contributed by atoms with van der Waals surface area (Å²) in [6, 6.07) is 0. The van der Waals surface area contributed by atoms with Crippen molar-refractivity contribution >= 4 is 5.82 Å². The number of nitrogens with two attached hydrogens (primary N) is 1. The lowest BCUT2D eigenvalue weighted by molar-refractivity contribution is 0.255. The Labute approximate surface area is 112 Å². The third-order valence-electron chi connectivity index (χ3n) is 3.92. The number of nitrogens with one attached hydrogen (secondary N) is 2. The van der Waals surface area contributed by atoms with Crippen LogP contribution in [0.15, 0.2) is 11.1 Å². The van der Waals surface area contributed by atoms with Gasteiger partial charge in [-0.15, -0.1) is 0 Å². The van der Waals surface area contributed by atoms with E-state index in [-0.39, 0.29) is 11.3 Å². The first kappa shape index (κ1) is 13.9. The smallest absolute Gasteiger partial charge is 0.295 e. The minimum atomic E-state index is -0.265. The molecule has 19 heavy (non-hydrogen) atoms. The molecule has 0 saturated heterocycles. The van der Waals surface area contributed by atoms with E-state index in [4.69, 9.17) is 10.5 Å². The highest BCUT2D eigenvalue weighted by molar-refractivity contribution is 5.47. The van der Waals surface area contributed by atoms with Crippen LogP contribution in [0.2, 0.25) is 0 Å². The predicted octanol–water partition coefficient (Wildman–Crippen LogP) is 0.955. The normalized spacial score (nSPS) is 23.1. The molecule has 2 atom stereocenters. The Bertz CT molecular complexity index is 460. The molecule has 1 aliphatic rings. The zero-order chi connectivity index (χ0) is 13.7. The first-order valence-electron chi connectivity index (χ1n) is 6.82. The van der Waals surface area contributed by atoms with Gasteiger partial charge in [-0.25, -0.2) is 4.98 Å². The molecular weight excluding hydrogens is 244 g/mol. The van der Waals surface area contributed by atoms with Gasteiger partial charge in [-0.3, -0.25) is 4.79 Å². The fourth-order valence-electron chi connectivity index (χ4n) is 2.79. The van der Waals surface area contributed by atoms with Gasteiger partial charge in [-0.05, 0) is 31.2 Å². The Kier molecular flexibility index (Phi) is 4.79. The minimum Gasteiger partial charge on any atom is -0.489 e. The van der Waals surface area contributed by atoms with E-state index in [0.29, 0.717) is 17.7 Å². The van der Waals surface area contributed by atoms with E-state index in [1.165, 1.54) is 39.1 Å². The van der Waals surface area contributed by atoms with Gasteiger partial charge in [0.1, 0.15) is 0 Å². The Morgan fingerprint density at radius 1 is 1.47 bits per heavy atom. The quantitative estimate of drug-likeness (QED) is 0.738. The van der Waals surface area contributed by atoms with Crippen molar-refractivity contribution in [2.24, 2.45) is 17.6 Å². The number of hydrogen-bond donors (Lipinski definition) is 3. The molecule has 4 N–H and O–H groups in total. The van der Waals surface area contributed by atoms with Crippen LogP contribution in [0.5, 0.6) is 5.75 Å². The highest BCUT2D eigenvalue weighted by Gasteiger charge is 2.24. The second kappa shape index (κ2) is 6.56. The average molecular weight is 266 g/mol. The number of rotatable bonds is 5. The lowest BCUT2D eigenvalue weighted by Crippen LogP contribution is -2.31. The molecule has 1 aromatic rings. The number of nitrogens with zero attached hydrogens (tertiary/aromatic N) is 1. The molecule has 1 aliphatic carbocycles. The summed E-state index contributed by atoms with van der Waals surface area (Å²) in [5.74, 6) is 1.86. The molecule has 106 valence electrons. The summed E-state index contributed by atoms with van der Waals surface area (Å²) in [6.45, 7) is 1.51. The van der Waals surface area contributed by atoms with Crippen molar-refractivity contribution in [2.45, 2.75) is 25.7 Å². The lowest BCUT2D eigenvalue weighted by Gasteiger charge is -2.30. The topological polar surface area (TPSA) is 93.0 Å². The van der Waals surface area contributed by atoms with Crippen LogP contribution in [0.1, 0.15) is 25.7 Å². The van der Waals surface area contributed by atoms with E-state index in [2.05, 4.69) is 15.3 Å². The Morgan fingerprint density at radius 3 is 2.89 bits per heavy atom. The Morgan fingerprint density at radius 2 is 2.21 bits per heavy atom. The molecule has 0 aliphatic heterocycles. The first-order valence-corrected chi connectivity index (χ1v) is 6.82. The average Bonchev–Trinajstić information content (AvgIpc) is 2.45. The fourth-order valence-corrected chi connectivity index (χ4v) is 2.79. The van der Waals surface area contributed by atoms with Crippen molar-refractivity contribution in [2.75, 3.05) is 25.5 Å². The second-order valence-corrected chi connectivity index (χ2v) is 5.03. The maximum Gasteiger partial charge on any atom is 0.295 e. The van der Waals surface area contributed by atoms with Crippen LogP contribution in [-0.4, -0.2) is 30.2 Å². The largest absolute Gasteiger partial charge is 0.489 e. The van der Waals surface area contributed by atoms with E-state index >= 15 is 0 Å². The number of ether oxygens (including phenoxy) is 1. The molecule has 1 aromatic heterocycles. The highest BCUT2D eigenvalue weighted by atomic mass is 16.5. The molecule has 0 spiro atoms. The molecule has 2 unspecified atom stereocenters.